The van der Waals surface area contributed by atoms with E-state index in [1.165, 1.54) is 0 Å². The van der Waals surface area contributed by atoms with Crippen LogP contribution in [0.5, 0.6) is 5.75 Å². The first-order chi connectivity index (χ1) is 13.1. The van der Waals surface area contributed by atoms with E-state index < -0.39 is 0 Å². The quantitative estimate of drug-likeness (QED) is 0.340. The lowest BCUT2D eigenvalue weighted by Crippen LogP contribution is -2.09. The Hall–Kier alpha value is -2.06. The van der Waals surface area contributed by atoms with Crippen molar-refractivity contribution in [1.82, 2.24) is 0 Å². The van der Waals surface area contributed by atoms with Gasteiger partial charge < -0.3 is 18.6 Å². The molecular weight excluding hydrogens is 459 g/mol. The van der Waals surface area contributed by atoms with Crippen molar-refractivity contribution in [2.24, 2.45) is 0 Å². The van der Waals surface area contributed by atoms with Gasteiger partial charge in [-0.05, 0) is 59.3 Å². The summed E-state index contributed by atoms with van der Waals surface area (Å²) in [7, 11) is 1.64. The van der Waals surface area contributed by atoms with E-state index in [0.29, 0.717) is 25.6 Å². The molecule has 0 saturated heterocycles. The van der Waals surface area contributed by atoms with E-state index in [4.69, 9.17) is 18.6 Å². The lowest BCUT2D eigenvalue weighted by molar-refractivity contribution is -0.142. The first-order valence-electron chi connectivity index (χ1n) is 8.66. The van der Waals surface area contributed by atoms with Gasteiger partial charge in [-0.3, -0.25) is 4.79 Å². The van der Waals surface area contributed by atoms with Crippen molar-refractivity contribution in [3.8, 4) is 5.75 Å². The van der Waals surface area contributed by atoms with Crippen LogP contribution in [0.1, 0.15) is 23.8 Å². The normalized spacial score (nSPS) is 10.9. The monoisotopic (exact) mass is 480 g/mol. The van der Waals surface area contributed by atoms with E-state index >= 15 is 0 Å². The van der Waals surface area contributed by atoms with Gasteiger partial charge in [-0.2, -0.15) is 0 Å². The van der Waals surface area contributed by atoms with Crippen molar-refractivity contribution in [1.29, 1.82) is 0 Å². The fourth-order valence-corrected chi connectivity index (χ4v) is 3.66. The summed E-state index contributed by atoms with van der Waals surface area (Å²) in [5.41, 5.74) is 2.70. The molecule has 1 aromatic heterocycles. The molecule has 0 aliphatic rings. The largest absolute Gasteiger partial charge is 0.489 e. The summed E-state index contributed by atoms with van der Waals surface area (Å²) in [6.07, 6.45) is 0.197. The number of esters is 1. The van der Waals surface area contributed by atoms with Gasteiger partial charge in [0.15, 0.2) is 0 Å². The van der Waals surface area contributed by atoms with E-state index in [2.05, 4.69) is 22.6 Å². The molecule has 2 aromatic carbocycles. The Morgan fingerprint density at radius 1 is 1.15 bits per heavy atom. The zero-order valence-electron chi connectivity index (χ0n) is 15.3. The fraction of sp³-hybridized carbons (Fsp3) is 0.286. The van der Waals surface area contributed by atoms with Gasteiger partial charge in [0.25, 0.3) is 0 Å². The van der Waals surface area contributed by atoms with Crippen LogP contribution in [0.25, 0.3) is 11.0 Å². The highest BCUT2D eigenvalue weighted by molar-refractivity contribution is 14.1. The maximum absolute atomic E-state index is 11.8. The number of fused-ring (bicyclic) bond motifs is 1. The van der Waals surface area contributed by atoms with Crippen LogP contribution in [0.3, 0.4) is 0 Å². The van der Waals surface area contributed by atoms with Crippen molar-refractivity contribution in [2.45, 2.75) is 26.6 Å². The second kappa shape index (κ2) is 9.23. The minimum absolute atomic E-state index is 0.197. The van der Waals surface area contributed by atoms with Crippen molar-refractivity contribution in [3.63, 3.8) is 0 Å². The van der Waals surface area contributed by atoms with Gasteiger partial charge in [-0.15, -0.1) is 0 Å². The molecule has 5 nitrogen and oxygen atoms in total. The Morgan fingerprint density at radius 2 is 1.96 bits per heavy atom. The number of hydrogen-bond donors (Lipinski definition) is 0. The van der Waals surface area contributed by atoms with E-state index in [0.717, 1.165) is 31.4 Å². The number of hydrogen-bond acceptors (Lipinski definition) is 5. The van der Waals surface area contributed by atoms with Crippen molar-refractivity contribution in [2.75, 3.05) is 13.7 Å². The van der Waals surface area contributed by atoms with E-state index in [1.54, 1.807) is 14.0 Å². The zero-order valence-corrected chi connectivity index (χ0v) is 17.4. The summed E-state index contributed by atoms with van der Waals surface area (Å²) in [4.78, 5) is 11.8. The Bertz CT molecular complexity index is 931. The summed E-state index contributed by atoms with van der Waals surface area (Å²) in [6, 6.07) is 13.6. The molecule has 3 rings (SSSR count). The molecule has 0 atom stereocenters. The van der Waals surface area contributed by atoms with Crippen molar-refractivity contribution < 1.29 is 23.4 Å². The molecule has 0 bridgehead atoms. The minimum atomic E-state index is -0.256. The molecule has 0 saturated carbocycles. The Balaban J connectivity index is 1.76. The molecule has 0 aliphatic heterocycles. The topological polar surface area (TPSA) is 57.9 Å². The smallest absolute Gasteiger partial charge is 0.310 e. The molecule has 0 unspecified atom stereocenters. The van der Waals surface area contributed by atoms with Crippen LogP contribution in [0, 0.1) is 3.57 Å². The SMILES string of the molecule is CCOC(=O)Cc1ccccc1OCc1cc(I)c2oc(COC)cc2c1. The van der Waals surface area contributed by atoms with Crippen molar-refractivity contribution >= 4 is 39.5 Å². The second-order valence-electron chi connectivity index (χ2n) is 6.02. The highest BCUT2D eigenvalue weighted by atomic mass is 127. The average molecular weight is 480 g/mol. The fourth-order valence-electron chi connectivity index (χ4n) is 2.84. The third kappa shape index (κ3) is 5.01. The first kappa shape index (κ1) is 19.7. The van der Waals surface area contributed by atoms with Gasteiger partial charge >= 0.3 is 5.97 Å². The zero-order chi connectivity index (χ0) is 19.2. The molecule has 3 aromatic rings. The lowest BCUT2D eigenvalue weighted by Gasteiger charge is -2.11. The van der Waals surface area contributed by atoms with Gasteiger partial charge in [0.1, 0.15) is 30.3 Å². The molecule has 0 spiro atoms. The van der Waals surface area contributed by atoms with Crippen molar-refractivity contribution in [3.05, 3.63) is 62.9 Å². The third-order valence-electron chi connectivity index (χ3n) is 3.98. The molecular formula is C21H21IO5. The molecule has 0 aliphatic carbocycles. The number of carbonyl (C=O) groups excluding carboxylic acids is 1. The number of methoxy groups -OCH3 is 1. The second-order valence-corrected chi connectivity index (χ2v) is 7.18. The summed E-state index contributed by atoms with van der Waals surface area (Å²) in [6.45, 7) is 3.01. The lowest BCUT2D eigenvalue weighted by atomic mass is 10.1. The molecule has 27 heavy (non-hydrogen) atoms. The maximum atomic E-state index is 11.8. The number of benzene rings is 2. The van der Waals surface area contributed by atoms with Crippen LogP contribution < -0.4 is 4.74 Å². The van der Waals surface area contributed by atoms with Gasteiger partial charge in [-0.25, -0.2) is 0 Å². The summed E-state index contributed by atoms with van der Waals surface area (Å²) < 4.78 is 23.0. The van der Waals surface area contributed by atoms with E-state index in [1.807, 2.05) is 42.5 Å². The Morgan fingerprint density at radius 3 is 2.74 bits per heavy atom. The van der Waals surface area contributed by atoms with Crippen LogP contribution in [0.2, 0.25) is 0 Å². The molecule has 0 N–H and O–H groups in total. The molecule has 0 radical (unpaired) electrons. The average Bonchev–Trinajstić information content (AvgIpc) is 3.05. The standard InChI is InChI=1S/C21H21IO5/c1-3-25-20(23)11-15-6-4-5-7-19(15)26-12-14-8-16-10-17(13-24-2)27-21(16)18(22)9-14/h4-10H,3,11-13H2,1-2H3. The van der Waals surface area contributed by atoms with Crippen LogP contribution in [-0.2, 0) is 33.9 Å². The number of furan rings is 1. The summed E-state index contributed by atoms with van der Waals surface area (Å²) in [5.74, 6) is 1.23. The first-order valence-corrected chi connectivity index (χ1v) is 9.74. The molecule has 142 valence electrons. The summed E-state index contributed by atoms with van der Waals surface area (Å²) >= 11 is 2.26. The minimum Gasteiger partial charge on any atom is -0.489 e. The molecule has 0 amide bonds. The van der Waals surface area contributed by atoms with Crippen LogP contribution in [-0.4, -0.2) is 19.7 Å². The molecule has 1 heterocycles. The van der Waals surface area contributed by atoms with Gasteiger partial charge in [-0.1, -0.05) is 18.2 Å². The highest BCUT2D eigenvalue weighted by Gasteiger charge is 2.12. The number of halogens is 1. The predicted molar refractivity (Wildman–Crippen MR) is 111 cm³/mol. The number of ether oxygens (including phenoxy) is 3. The van der Waals surface area contributed by atoms with Crippen LogP contribution in [0.15, 0.2) is 46.9 Å². The van der Waals surface area contributed by atoms with E-state index in [9.17, 15) is 4.79 Å². The van der Waals surface area contributed by atoms with Gasteiger partial charge in [0, 0.05) is 18.1 Å². The maximum Gasteiger partial charge on any atom is 0.310 e. The predicted octanol–water partition coefficient (Wildman–Crippen LogP) is 4.87. The molecule has 0 fully saturated rings. The number of rotatable bonds is 8. The van der Waals surface area contributed by atoms with E-state index in [-0.39, 0.29) is 12.4 Å². The number of carbonyl (C=O) groups is 1. The Kier molecular flexibility index (Phi) is 6.73. The van der Waals surface area contributed by atoms with Crippen LogP contribution >= 0.6 is 22.6 Å². The van der Waals surface area contributed by atoms with Crippen LogP contribution in [0.4, 0.5) is 0 Å². The van der Waals surface area contributed by atoms with Gasteiger partial charge in [0.2, 0.25) is 0 Å². The summed E-state index contributed by atoms with van der Waals surface area (Å²) in [5, 5.41) is 1.02. The molecule has 6 heteroatoms. The number of para-hydroxylation sites is 1. The third-order valence-corrected chi connectivity index (χ3v) is 4.78. The van der Waals surface area contributed by atoms with Gasteiger partial charge in [0.05, 0.1) is 16.6 Å². The highest BCUT2D eigenvalue weighted by Crippen LogP contribution is 2.28. The Labute approximate surface area is 171 Å².